The Labute approximate surface area is 240 Å². The second kappa shape index (κ2) is 12.4. The molecule has 5 N–H and O–H groups in total. The lowest BCUT2D eigenvalue weighted by atomic mass is 9.99. The highest BCUT2D eigenvalue weighted by Gasteiger charge is 2.57. The van der Waals surface area contributed by atoms with Crippen LogP contribution in [0.5, 0.6) is 5.75 Å². The number of nitrogens with one attached hydrogen (secondary N) is 2. The van der Waals surface area contributed by atoms with E-state index in [9.17, 15) is 14.5 Å². The lowest BCUT2D eigenvalue weighted by Gasteiger charge is -2.31. The number of carbonyl (C=O) groups is 1. The molecule has 0 bridgehead atoms. The molecular weight excluding hydrogens is 584 g/mol. The van der Waals surface area contributed by atoms with E-state index in [1.165, 1.54) is 30.0 Å². The molecule has 1 fully saturated rings. The number of benzene rings is 1. The number of rotatable bonds is 12. The van der Waals surface area contributed by atoms with Crippen molar-refractivity contribution in [1.29, 1.82) is 0 Å². The smallest absolute Gasteiger partial charge is 0.459 e. The number of aliphatic hydroxyl groups excluding tert-OH is 1. The fraction of sp³-hybridized carbons (Fsp3) is 0.500. The molecule has 41 heavy (non-hydrogen) atoms. The van der Waals surface area contributed by atoms with Gasteiger partial charge < -0.3 is 30.2 Å². The highest BCUT2D eigenvalue weighted by Crippen LogP contribution is 2.49. The number of carbonyl (C=O) groups excluding carboxylic acids is 1. The number of hydrogen-bond donors (Lipinski definition) is 4. The summed E-state index contributed by atoms with van der Waals surface area (Å²) in [5, 5.41) is 16.3. The van der Waals surface area contributed by atoms with Crippen molar-refractivity contribution in [3.63, 3.8) is 0 Å². The first-order chi connectivity index (χ1) is 19.4. The number of fused-ring (bicyclic) bond motifs is 1. The number of esters is 1. The van der Waals surface area contributed by atoms with Gasteiger partial charge in [-0.2, -0.15) is 15.1 Å². The van der Waals surface area contributed by atoms with Crippen LogP contribution < -0.4 is 20.7 Å². The number of aromatic nitrogens is 4. The van der Waals surface area contributed by atoms with Crippen LogP contribution in [-0.4, -0.2) is 80.2 Å². The van der Waals surface area contributed by atoms with E-state index in [1.54, 1.807) is 39.1 Å². The molecule has 0 aliphatic carbocycles. The normalized spacial score (nSPS) is 24.7. The van der Waals surface area contributed by atoms with E-state index in [4.69, 9.17) is 35.9 Å². The Balaban J connectivity index is 1.61. The number of hydrogen-bond acceptors (Lipinski definition) is 12. The molecule has 0 radical (unpaired) electrons. The number of nitrogens with zero attached hydrogens (tertiary/aromatic N) is 4. The van der Waals surface area contributed by atoms with Crippen molar-refractivity contribution < 1.29 is 37.4 Å². The molecule has 6 atom stereocenters. The third-order valence-corrected chi connectivity index (χ3v) is 8.23. The first-order valence-electron chi connectivity index (χ1n) is 12.6. The number of nitrogen functional groups attached to an aromatic ring is 1. The second-order valence-electron chi connectivity index (χ2n) is 9.61. The maximum absolute atomic E-state index is 15.6. The van der Waals surface area contributed by atoms with Gasteiger partial charge in [-0.1, -0.05) is 18.2 Å². The zero-order chi connectivity index (χ0) is 29.9. The van der Waals surface area contributed by atoms with E-state index < -0.39 is 62.5 Å². The molecule has 0 saturated carbocycles. The summed E-state index contributed by atoms with van der Waals surface area (Å²) in [7, 11) is -2.76. The molecule has 224 valence electrons. The predicted octanol–water partition coefficient (Wildman–Crippen LogP) is 2.79. The van der Waals surface area contributed by atoms with Gasteiger partial charge in [0.25, 0.3) is 0 Å². The van der Waals surface area contributed by atoms with Crippen molar-refractivity contribution in [3.05, 3.63) is 36.7 Å². The van der Waals surface area contributed by atoms with Crippen LogP contribution in [0.15, 0.2) is 36.7 Å². The van der Waals surface area contributed by atoms with Gasteiger partial charge >= 0.3 is 13.7 Å². The Morgan fingerprint density at radius 2 is 2.02 bits per heavy atom. The zero-order valence-corrected chi connectivity index (χ0v) is 24.4. The number of alkyl halides is 2. The summed E-state index contributed by atoms with van der Waals surface area (Å²) in [5.74, 6) is -0.804. The fourth-order valence-corrected chi connectivity index (χ4v) is 5.97. The lowest BCUT2D eigenvalue weighted by Crippen LogP contribution is -2.48. The van der Waals surface area contributed by atoms with E-state index in [0.717, 1.165) is 0 Å². The van der Waals surface area contributed by atoms with Crippen molar-refractivity contribution in [1.82, 2.24) is 24.6 Å². The number of para-hydroxylation sites is 1. The second-order valence-corrected chi connectivity index (χ2v) is 11.6. The number of nitrogens with two attached hydrogens (primary N) is 1. The summed E-state index contributed by atoms with van der Waals surface area (Å²) in [6.45, 7) is 4.05. The van der Waals surface area contributed by atoms with Crippen molar-refractivity contribution >= 4 is 48.2 Å². The SMILES string of the molecule is CNc1nc(N)nc2c1ncn2[C@@H]1O[C@](CCl)(COP(=O)(N[C@@H](C)C(=O)OC(C)C)Oc2ccccc2)[C@@H](O)[C@H]1F. The van der Waals surface area contributed by atoms with Gasteiger partial charge in [-0.15, -0.1) is 11.6 Å². The fourth-order valence-electron chi connectivity index (χ4n) is 4.12. The van der Waals surface area contributed by atoms with Gasteiger partial charge in [0.05, 0.1) is 24.9 Å². The van der Waals surface area contributed by atoms with Gasteiger partial charge in [-0.3, -0.25) is 13.9 Å². The highest BCUT2D eigenvalue weighted by atomic mass is 35.5. The highest BCUT2D eigenvalue weighted by molar-refractivity contribution is 7.52. The molecule has 3 heterocycles. The summed E-state index contributed by atoms with van der Waals surface area (Å²) >= 11 is 6.21. The largest absolute Gasteiger partial charge is 0.462 e. The molecule has 1 aromatic carbocycles. The quantitative estimate of drug-likeness (QED) is 0.133. The Kier molecular flexibility index (Phi) is 9.36. The van der Waals surface area contributed by atoms with Gasteiger partial charge in [0, 0.05) is 7.05 Å². The van der Waals surface area contributed by atoms with Crippen molar-refractivity contribution in [3.8, 4) is 5.75 Å². The van der Waals surface area contributed by atoms with E-state index in [-0.39, 0.29) is 17.3 Å². The number of anilines is 2. The molecule has 1 aliphatic rings. The molecule has 4 rings (SSSR count). The van der Waals surface area contributed by atoms with E-state index in [1.807, 2.05) is 0 Å². The molecule has 17 heteroatoms. The Morgan fingerprint density at radius 1 is 1.32 bits per heavy atom. The third kappa shape index (κ3) is 6.55. The summed E-state index contributed by atoms with van der Waals surface area (Å²) in [6.07, 6.45) is -4.49. The molecule has 1 saturated heterocycles. The lowest BCUT2D eigenvalue weighted by molar-refractivity contribution is -0.149. The van der Waals surface area contributed by atoms with Gasteiger partial charge in [-0.05, 0) is 32.9 Å². The molecular formula is C24H32ClFN7O7P. The maximum atomic E-state index is 15.6. The molecule has 14 nitrogen and oxygen atoms in total. The minimum absolute atomic E-state index is 0.0975. The molecule has 1 aliphatic heterocycles. The number of imidazole rings is 1. The van der Waals surface area contributed by atoms with Crippen LogP contribution in [0.1, 0.15) is 27.0 Å². The van der Waals surface area contributed by atoms with E-state index in [2.05, 4.69) is 25.4 Å². The Bertz CT molecular complexity index is 1420. The first-order valence-corrected chi connectivity index (χ1v) is 14.7. The van der Waals surface area contributed by atoms with Crippen LogP contribution in [-0.2, 0) is 23.4 Å². The van der Waals surface area contributed by atoms with E-state index in [0.29, 0.717) is 11.3 Å². The van der Waals surface area contributed by atoms with E-state index >= 15 is 4.39 Å². The summed E-state index contributed by atoms with van der Waals surface area (Å²) in [4.78, 5) is 24.8. The molecule has 1 unspecified atom stereocenters. The maximum Gasteiger partial charge on any atom is 0.459 e. The van der Waals surface area contributed by atoms with Crippen LogP contribution in [0.25, 0.3) is 11.2 Å². The average molecular weight is 616 g/mol. The molecule has 2 aromatic heterocycles. The number of ether oxygens (including phenoxy) is 2. The number of halogens is 2. The van der Waals surface area contributed by atoms with Crippen LogP contribution >= 0.6 is 19.3 Å². The monoisotopic (exact) mass is 615 g/mol. The molecule has 0 spiro atoms. The zero-order valence-electron chi connectivity index (χ0n) is 22.7. The Hall–Kier alpha value is -3.07. The van der Waals surface area contributed by atoms with Gasteiger partial charge in [0.2, 0.25) is 5.95 Å². The summed E-state index contributed by atoms with van der Waals surface area (Å²) in [5.41, 5.74) is 4.34. The first kappa shape index (κ1) is 30.9. The summed E-state index contributed by atoms with van der Waals surface area (Å²) < 4.78 is 53.2. The van der Waals surface area contributed by atoms with Gasteiger partial charge in [-0.25, -0.2) is 13.9 Å². The Morgan fingerprint density at radius 3 is 2.66 bits per heavy atom. The molecule has 3 aromatic rings. The van der Waals surface area contributed by atoms with Crippen molar-refractivity contribution in [2.24, 2.45) is 0 Å². The van der Waals surface area contributed by atoms with Crippen LogP contribution in [0, 0.1) is 0 Å². The standard InChI is InChI=1S/C24H32ClFN7O7P/c1-13(2)38-22(35)14(3)32-41(36,40-15-8-6-5-7-9-15)37-11-24(10-25)18(34)16(26)21(39-24)33-12-29-17-19(28-4)30-23(27)31-20(17)33/h5-9,12-14,16,18,21,34H,10-11H2,1-4H3,(H,32,36)(H3,27,28,30,31)/t14-,16+,18-,21+,24+,41?/m0/s1. The minimum atomic E-state index is -4.37. The summed E-state index contributed by atoms with van der Waals surface area (Å²) in [6, 6.07) is 6.93. The van der Waals surface area contributed by atoms with Crippen molar-refractivity contribution in [2.45, 2.75) is 57.0 Å². The van der Waals surface area contributed by atoms with Crippen LogP contribution in [0.3, 0.4) is 0 Å². The van der Waals surface area contributed by atoms with Crippen molar-refractivity contribution in [2.75, 3.05) is 30.6 Å². The average Bonchev–Trinajstić information content (AvgIpc) is 3.46. The third-order valence-electron chi connectivity index (χ3n) is 6.15. The van der Waals surface area contributed by atoms with Gasteiger partial charge in [0.15, 0.2) is 29.4 Å². The van der Waals surface area contributed by atoms with Crippen LogP contribution in [0.2, 0.25) is 0 Å². The van der Waals surface area contributed by atoms with Crippen LogP contribution in [0.4, 0.5) is 16.2 Å². The predicted molar refractivity (Wildman–Crippen MR) is 148 cm³/mol. The molecule has 0 amide bonds. The minimum Gasteiger partial charge on any atom is -0.462 e. The van der Waals surface area contributed by atoms with Gasteiger partial charge in [0.1, 0.15) is 23.5 Å². The topological polar surface area (TPSA) is 185 Å². The number of aliphatic hydroxyl groups is 1.